The van der Waals surface area contributed by atoms with Gasteiger partial charge in [-0.2, -0.15) is 0 Å². The van der Waals surface area contributed by atoms with Crippen LogP contribution in [0.5, 0.6) is 0 Å². The number of hydrogen-bond donors (Lipinski definition) is 2. The maximum absolute atomic E-state index is 12.0. The van der Waals surface area contributed by atoms with Crippen molar-refractivity contribution in [3.63, 3.8) is 0 Å². The SMILES string of the molecule is NC1CCCC1C(=O)NCC1CCN(C2CC2)C1. The summed E-state index contributed by atoms with van der Waals surface area (Å²) in [6.07, 6.45) is 7.11. The molecule has 1 amide bonds. The number of rotatable bonds is 4. The van der Waals surface area contributed by atoms with Crippen LogP contribution < -0.4 is 11.1 Å². The first-order chi connectivity index (χ1) is 8.74. The standard InChI is InChI=1S/C14H25N3O/c15-13-3-1-2-12(13)14(18)16-8-10-6-7-17(9-10)11-4-5-11/h10-13H,1-9,15H2,(H,16,18). The summed E-state index contributed by atoms with van der Waals surface area (Å²) in [4.78, 5) is 14.6. The highest BCUT2D eigenvalue weighted by atomic mass is 16.1. The van der Waals surface area contributed by atoms with Crippen LogP contribution in [0.4, 0.5) is 0 Å². The lowest BCUT2D eigenvalue weighted by Crippen LogP contribution is -2.40. The van der Waals surface area contributed by atoms with Gasteiger partial charge in [0.15, 0.2) is 0 Å². The number of carbonyl (C=O) groups excluding carboxylic acids is 1. The van der Waals surface area contributed by atoms with Gasteiger partial charge in [-0.05, 0) is 44.6 Å². The minimum Gasteiger partial charge on any atom is -0.355 e. The van der Waals surface area contributed by atoms with E-state index in [-0.39, 0.29) is 17.9 Å². The number of carbonyl (C=O) groups is 1. The molecule has 1 aliphatic heterocycles. The van der Waals surface area contributed by atoms with Crippen molar-refractivity contribution in [1.29, 1.82) is 0 Å². The van der Waals surface area contributed by atoms with E-state index in [4.69, 9.17) is 5.73 Å². The zero-order valence-corrected chi connectivity index (χ0v) is 11.1. The van der Waals surface area contributed by atoms with Crippen LogP contribution in [-0.4, -0.2) is 42.5 Å². The lowest BCUT2D eigenvalue weighted by atomic mass is 10.0. The van der Waals surface area contributed by atoms with Crippen LogP contribution in [-0.2, 0) is 4.79 Å². The monoisotopic (exact) mass is 251 g/mol. The molecule has 3 fully saturated rings. The number of hydrogen-bond acceptors (Lipinski definition) is 3. The molecule has 3 N–H and O–H groups in total. The zero-order valence-electron chi connectivity index (χ0n) is 11.1. The van der Waals surface area contributed by atoms with Crippen molar-refractivity contribution in [3.8, 4) is 0 Å². The van der Waals surface area contributed by atoms with E-state index in [1.54, 1.807) is 0 Å². The lowest BCUT2D eigenvalue weighted by Gasteiger charge is -2.18. The minimum absolute atomic E-state index is 0.0749. The average molecular weight is 251 g/mol. The Morgan fingerprint density at radius 2 is 2.06 bits per heavy atom. The van der Waals surface area contributed by atoms with Gasteiger partial charge in [-0.15, -0.1) is 0 Å². The van der Waals surface area contributed by atoms with Gasteiger partial charge in [0.05, 0.1) is 5.92 Å². The Morgan fingerprint density at radius 3 is 2.72 bits per heavy atom. The molecule has 4 nitrogen and oxygen atoms in total. The molecule has 0 radical (unpaired) electrons. The normalized spacial score (nSPS) is 37.1. The van der Waals surface area contributed by atoms with E-state index in [0.717, 1.165) is 31.8 Å². The van der Waals surface area contributed by atoms with Crippen LogP contribution in [0.25, 0.3) is 0 Å². The summed E-state index contributed by atoms with van der Waals surface area (Å²) in [6, 6.07) is 0.963. The van der Waals surface area contributed by atoms with E-state index in [0.29, 0.717) is 5.92 Å². The molecule has 1 heterocycles. The Hall–Kier alpha value is -0.610. The molecule has 3 atom stereocenters. The maximum Gasteiger partial charge on any atom is 0.224 e. The van der Waals surface area contributed by atoms with E-state index < -0.39 is 0 Å². The highest BCUT2D eigenvalue weighted by Crippen LogP contribution is 2.31. The third-order valence-corrected chi connectivity index (χ3v) is 4.85. The number of amides is 1. The molecule has 18 heavy (non-hydrogen) atoms. The van der Waals surface area contributed by atoms with Gasteiger partial charge in [0.1, 0.15) is 0 Å². The number of likely N-dealkylation sites (tertiary alicyclic amines) is 1. The summed E-state index contributed by atoms with van der Waals surface area (Å²) in [6.45, 7) is 3.26. The average Bonchev–Trinajstić information content (AvgIpc) is 2.95. The molecule has 3 rings (SSSR count). The second-order valence-electron chi connectivity index (χ2n) is 6.33. The Balaban J connectivity index is 1.40. The minimum atomic E-state index is 0.0749. The first-order valence-electron chi connectivity index (χ1n) is 7.51. The molecule has 3 unspecified atom stereocenters. The molecule has 4 heteroatoms. The number of nitrogens with one attached hydrogen (secondary N) is 1. The number of nitrogens with two attached hydrogens (primary N) is 1. The van der Waals surface area contributed by atoms with Gasteiger partial charge in [0, 0.05) is 25.2 Å². The van der Waals surface area contributed by atoms with Crippen molar-refractivity contribution in [2.24, 2.45) is 17.6 Å². The van der Waals surface area contributed by atoms with Crippen LogP contribution in [0.3, 0.4) is 0 Å². The smallest absolute Gasteiger partial charge is 0.224 e. The Bertz CT molecular complexity index is 316. The lowest BCUT2D eigenvalue weighted by molar-refractivity contribution is -0.125. The molecule has 0 bridgehead atoms. The summed E-state index contributed by atoms with van der Waals surface area (Å²) in [5, 5.41) is 3.13. The molecule has 0 aromatic carbocycles. The second-order valence-corrected chi connectivity index (χ2v) is 6.33. The third kappa shape index (κ3) is 2.69. The van der Waals surface area contributed by atoms with Crippen molar-refractivity contribution in [2.45, 2.75) is 50.6 Å². The predicted molar refractivity (Wildman–Crippen MR) is 71.0 cm³/mol. The number of nitrogens with zero attached hydrogens (tertiary/aromatic N) is 1. The molecule has 102 valence electrons. The van der Waals surface area contributed by atoms with Crippen molar-refractivity contribution >= 4 is 5.91 Å². The highest BCUT2D eigenvalue weighted by molar-refractivity contribution is 5.79. The largest absolute Gasteiger partial charge is 0.355 e. The van der Waals surface area contributed by atoms with Crippen LogP contribution in [0.15, 0.2) is 0 Å². The summed E-state index contributed by atoms with van der Waals surface area (Å²) in [5.74, 6) is 0.933. The predicted octanol–water partition coefficient (Wildman–Crippen LogP) is 0.714. The molecule has 0 aromatic heterocycles. The van der Waals surface area contributed by atoms with E-state index in [1.807, 2.05) is 0 Å². The molecular weight excluding hydrogens is 226 g/mol. The van der Waals surface area contributed by atoms with E-state index in [2.05, 4.69) is 10.2 Å². The quantitative estimate of drug-likeness (QED) is 0.774. The van der Waals surface area contributed by atoms with Crippen molar-refractivity contribution in [3.05, 3.63) is 0 Å². The van der Waals surface area contributed by atoms with Gasteiger partial charge < -0.3 is 16.0 Å². The summed E-state index contributed by atoms with van der Waals surface area (Å²) in [7, 11) is 0. The van der Waals surface area contributed by atoms with Crippen LogP contribution in [0.1, 0.15) is 38.5 Å². The second kappa shape index (κ2) is 5.17. The Labute approximate surface area is 109 Å². The van der Waals surface area contributed by atoms with Crippen LogP contribution >= 0.6 is 0 Å². The fraction of sp³-hybridized carbons (Fsp3) is 0.929. The summed E-state index contributed by atoms with van der Waals surface area (Å²) in [5.41, 5.74) is 5.96. The van der Waals surface area contributed by atoms with Gasteiger partial charge in [-0.1, -0.05) is 6.42 Å². The Morgan fingerprint density at radius 1 is 1.22 bits per heavy atom. The van der Waals surface area contributed by atoms with Crippen LogP contribution in [0, 0.1) is 11.8 Å². The fourth-order valence-electron chi connectivity index (χ4n) is 3.49. The van der Waals surface area contributed by atoms with Gasteiger partial charge in [-0.3, -0.25) is 4.79 Å². The molecular formula is C14H25N3O. The molecule has 1 saturated heterocycles. The molecule has 0 spiro atoms. The first-order valence-corrected chi connectivity index (χ1v) is 7.51. The van der Waals surface area contributed by atoms with Crippen LogP contribution in [0.2, 0.25) is 0 Å². The molecule has 3 aliphatic rings. The van der Waals surface area contributed by atoms with E-state index in [1.165, 1.54) is 32.4 Å². The highest BCUT2D eigenvalue weighted by Gasteiger charge is 2.35. The third-order valence-electron chi connectivity index (χ3n) is 4.85. The molecule has 0 aromatic rings. The van der Waals surface area contributed by atoms with E-state index in [9.17, 15) is 4.79 Å². The van der Waals surface area contributed by atoms with Gasteiger partial charge >= 0.3 is 0 Å². The molecule has 2 aliphatic carbocycles. The summed E-state index contributed by atoms with van der Waals surface area (Å²) >= 11 is 0. The summed E-state index contributed by atoms with van der Waals surface area (Å²) < 4.78 is 0. The van der Waals surface area contributed by atoms with Crippen molar-refractivity contribution < 1.29 is 4.79 Å². The Kier molecular flexibility index (Phi) is 3.57. The fourth-order valence-corrected chi connectivity index (χ4v) is 3.49. The van der Waals surface area contributed by atoms with Crippen molar-refractivity contribution in [2.75, 3.05) is 19.6 Å². The van der Waals surface area contributed by atoms with Gasteiger partial charge in [0.2, 0.25) is 5.91 Å². The van der Waals surface area contributed by atoms with Crippen molar-refractivity contribution in [1.82, 2.24) is 10.2 Å². The molecule has 2 saturated carbocycles. The van der Waals surface area contributed by atoms with Gasteiger partial charge in [-0.25, -0.2) is 0 Å². The topological polar surface area (TPSA) is 58.4 Å². The van der Waals surface area contributed by atoms with Gasteiger partial charge in [0.25, 0.3) is 0 Å². The first kappa shape index (κ1) is 12.4. The zero-order chi connectivity index (χ0) is 12.5. The van der Waals surface area contributed by atoms with E-state index >= 15 is 0 Å². The maximum atomic E-state index is 12.0.